The summed E-state index contributed by atoms with van der Waals surface area (Å²) in [5, 5.41) is 6.98. The first-order valence-corrected chi connectivity index (χ1v) is 6.05. The van der Waals surface area contributed by atoms with E-state index in [2.05, 4.69) is 15.5 Å². The Morgan fingerprint density at radius 3 is 2.89 bits per heavy atom. The Labute approximate surface area is 105 Å². The zero-order valence-corrected chi connectivity index (χ0v) is 10.5. The van der Waals surface area contributed by atoms with Crippen molar-refractivity contribution >= 4 is 33.5 Å². The molecule has 7 heteroatoms. The third-order valence-corrected chi connectivity index (χ3v) is 3.23. The molecule has 0 radical (unpaired) electrons. The Morgan fingerprint density at radius 1 is 1.33 bits per heavy atom. The third kappa shape index (κ3) is 1.88. The second-order valence-electron chi connectivity index (χ2n) is 3.84. The fourth-order valence-electron chi connectivity index (χ4n) is 1.56. The Hall–Kier alpha value is -2.15. The standard InChI is InChI=1S/C11H9N3O3S/c1-5-3-8(17-14-5)12-11-13-9(15)7-4-6(2)18-10(7)16-11/h3-4H,1-2H3,(H,12,13,15). The summed E-state index contributed by atoms with van der Waals surface area (Å²) in [4.78, 5) is 17.1. The highest BCUT2D eigenvalue weighted by Crippen LogP contribution is 2.25. The van der Waals surface area contributed by atoms with Crippen molar-refractivity contribution in [1.82, 2.24) is 10.1 Å². The second-order valence-corrected chi connectivity index (χ2v) is 5.06. The lowest BCUT2D eigenvalue weighted by Gasteiger charge is -1.98. The van der Waals surface area contributed by atoms with E-state index in [-0.39, 0.29) is 11.6 Å². The Kier molecular flexibility index (Phi) is 2.41. The summed E-state index contributed by atoms with van der Waals surface area (Å²) in [6.45, 7) is 3.71. The van der Waals surface area contributed by atoms with E-state index in [9.17, 15) is 4.79 Å². The molecule has 0 fully saturated rings. The van der Waals surface area contributed by atoms with Crippen LogP contribution in [0.2, 0.25) is 0 Å². The van der Waals surface area contributed by atoms with Gasteiger partial charge < -0.3 is 8.94 Å². The van der Waals surface area contributed by atoms with E-state index in [4.69, 9.17) is 8.94 Å². The minimum Gasteiger partial charge on any atom is -0.413 e. The average Bonchev–Trinajstić information content (AvgIpc) is 2.85. The van der Waals surface area contributed by atoms with Crippen LogP contribution in [0.4, 0.5) is 11.9 Å². The lowest BCUT2D eigenvalue weighted by molar-refractivity contribution is 0.427. The van der Waals surface area contributed by atoms with Crippen LogP contribution in [0.5, 0.6) is 0 Å². The number of thiophene rings is 1. The van der Waals surface area contributed by atoms with Gasteiger partial charge in [-0.3, -0.25) is 10.1 Å². The quantitative estimate of drug-likeness (QED) is 0.765. The molecule has 3 heterocycles. The summed E-state index contributed by atoms with van der Waals surface area (Å²) in [5.74, 6) is 0.385. The Bertz CT molecular complexity index is 771. The first kappa shape index (κ1) is 11.0. The monoisotopic (exact) mass is 263 g/mol. The molecule has 0 atom stereocenters. The Morgan fingerprint density at radius 2 is 2.17 bits per heavy atom. The smallest absolute Gasteiger partial charge is 0.306 e. The highest BCUT2D eigenvalue weighted by Gasteiger charge is 2.10. The van der Waals surface area contributed by atoms with Crippen LogP contribution in [0, 0.1) is 13.8 Å². The lowest BCUT2D eigenvalue weighted by atomic mass is 10.4. The van der Waals surface area contributed by atoms with Gasteiger partial charge in [0, 0.05) is 10.9 Å². The molecule has 0 aliphatic carbocycles. The lowest BCUT2D eigenvalue weighted by Crippen LogP contribution is -2.07. The molecule has 0 unspecified atom stereocenters. The van der Waals surface area contributed by atoms with Crippen LogP contribution in [0.3, 0.4) is 0 Å². The maximum absolute atomic E-state index is 11.8. The van der Waals surface area contributed by atoms with Gasteiger partial charge in [0.15, 0.2) is 4.90 Å². The number of aryl methyl sites for hydroxylation is 2. The van der Waals surface area contributed by atoms with E-state index < -0.39 is 0 Å². The van der Waals surface area contributed by atoms with Crippen molar-refractivity contribution in [1.29, 1.82) is 0 Å². The maximum Gasteiger partial charge on any atom is 0.306 e. The van der Waals surface area contributed by atoms with Crippen LogP contribution in [-0.4, -0.2) is 10.1 Å². The van der Waals surface area contributed by atoms with Crippen LogP contribution in [0.25, 0.3) is 10.3 Å². The molecule has 92 valence electrons. The molecule has 3 aromatic heterocycles. The molecule has 18 heavy (non-hydrogen) atoms. The molecule has 0 spiro atoms. The van der Waals surface area contributed by atoms with Gasteiger partial charge in [0.2, 0.25) is 5.88 Å². The van der Waals surface area contributed by atoms with Crippen molar-refractivity contribution in [3.8, 4) is 0 Å². The number of aromatic nitrogens is 2. The van der Waals surface area contributed by atoms with Gasteiger partial charge in [0.1, 0.15) is 0 Å². The van der Waals surface area contributed by atoms with Crippen molar-refractivity contribution in [3.05, 3.63) is 33.1 Å². The molecule has 3 rings (SSSR count). The summed E-state index contributed by atoms with van der Waals surface area (Å²) in [5.41, 5.74) is 0.409. The molecule has 0 saturated heterocycles. The van der Waals surface area contributed by atoms with Crippen LogP contribution < -0.4 is 10.9 Å². The zero-order chi connectivity index (χ0) is 12.7. The van der Waals surface area contributed by atoms with Crippen LogP contribution in [-0.2, 0) is 0 Å². The predicted octanol–water partition coefficient (Wildman–Crippen LogP) is 2.60. The highest BCUT2D eigenvalue weighted by molar-refractivity contribution is 7.18. The molecule has 3 aromatic rings. The van der Waals surface area contributed by atoms with E-state index in [1.54, 1.807) is 19.1 Å². The topological polar surface area (TPSA) is 81.2 Å². The summed E-state index contributed by atoms with van der Waals surface area (Å²) >= 11 is 1.40. The molecule has 0 aliphatic rings. The zero-order valence-electron chi connectivity index (χ0n) is 9.68. The number of anilines is 2. The number of rotatable bonds is 2. The van der Waals surface area contributed by atoms with Crippen LogP contribution in [0.15, 0.2) is 25.9 Å². The molecule has 6 nitrogen and oxygen atoms in total. The maximum atomic E-state index is 11.8. The first-order chi connectivity index (χ1) is 8.61. The van der Waals surface area contributed by atoms with E-state index in [1.807, 2.05) is 6.92 Å². The summed E-state index contributed by atoms with van der Waals surface area (Å²) in [7, 11) is 0. The van der Waals surface area contributed by atoms with E-state index in [0.717, 1.165) is 10.6 Å². The van der Waals surface area contributed by atoms with Crippen molar-refractivity contribution < 1.29 is 8.94 Å². The Balaban J connectivity index is 2.04. The largest absolute Gasteiger partial charge is 0.413 e. The van der Waals surface area contributed by atoms with E-state index in [0.29, 0.717) is 16.2 Å². The number of nitrogens with one attached hydrogen (secondary N) is 1. The molecule has 1 N–H and O–H groups in total. The third-order valence-electron chi connectivity index (χ3n) is 2.30. The van der Waals surface area contributed by atoms with Gasteiger partial charge in [0.25, 0.3) is 5.56 Å². The molecular weight excluding hydrogens is 254 g/mol. The normalized spacial score (nSPS) is 11.0. The fraction of sp³-hybridized carbons (Fsp3) is 0.182. The first-order valence-electron chi connectivity index (χ1n) is 5.23. The number of nitrogens with zero attached hydrogens (tertiary/aromatic N) is 2. The van der Waals surface area contributed by atoms with E-state index in [1.165, 1.54) is 11.3 Å². The van der Waals surface area contributed by atoms with Gasteiger partial charge in [-0.2, -0.15) is 4.98 Å². The van der Waals surface area contributed by atoms with Gasteiger partial charge in [0.05, 0.1) is 11.1 Å². The van der Waals surface area contributed by atoms with Gasteiger partial charge in [-0.15, -0.1) is 11.3 Å². The molecular formula is C11H9N3O3S. The fourth-order valence-corrected chi connectivity index (χ4v) is 2.41. The molecule has 0 aromatic carbocycles. The minimum absolute atomic E-state index is 0.102. The van der Waals surface area contributed by atoms with Gasteiger partial charge >= 0.3 is 6.01 Å². The SMILES string of the molecule is Cc1cc(Nc2nc(=O)c3cc(C)sc3o2)on1. The molecule has 0 aliphatic heterocycles. The highest BCUT2D eigenvalue weighted by atomic mass is 32.1. The van der Waals surface area contributed by atoms with Gasteiger partial charge in [-0.25, -0.2) is 0 Å². The number of hydrogen-bond donors (Lipinski definition) is 1. The summed E-state index contributed by atoms with van der Waals surface area (Å²) in [6, 6.07) is 3.55. The number of fused-ring (bicyclic) bond motifs is 1. The molecule has 0 saturated carbocycles. The molecule has 0 amide bonds. The average molecular weight is 263 g/mol. The summed E-state index contributed by atoms with van der Waals surface area (Å²) in [6.07, 6.45) is 0. The number of hydrogen-bond acceptors (Lipinski definition) is 7. The van der Waals surface area contributed by atoms with E-state index >= 15 is 0 Å². The van der Waals surface area contributed by atoms with Crippen LogP contribution in [0.1, 0.15) is 10.6 Å². The second kappa shape index (κ2) is 3.95. The van der Waals surface area contributed by atoms with Crippen LogP contribution >= 0.6 is 11.3 Å². The summed E-state index contributed by atoms with van der Waals surface area (Å²) < 4.78 is 10.5. The molecule has 0 bridgehead atoms. The van der Waals surface area contributed by atoms with Crippen molar-refractivity contribution in [2.24, 2.45) is 0 Å². The predicted molar refractivity (Wildman–Crippen MR) is 67.4 cm³/mol. The van der Waals surface area contributed by atoms with Crippen molar-refractivity contribution in [2.45, 2.75) is 13.8 Å². The van der Waals surface area contributed by atoms with Crippen molar-refractivity contribution in [3.63, 3.8) is 0 Å². The minimum atomic E-state index is -0.320. The van der Waals surface area contributed by atoms with Crippen molar-refractivity contribution in [2.75, 3.05) is 5.32 Å². The van der Waals surface area contributed by atoms with Gasteiger partial charge in [-0.1, -0.05) is 5.16 Å². The van der Waals surface area contributed by atoms with Gasteiger partial charge in [-0.05, 0) is 19.9 Å².